The second-order valence-electron chi connectivity index (χ2n) is 7.96. The molecule has 0 bridgehead atoms. The van der Waals surface area contributed by atoms with Gasteiger partial charge in [0, 0.05) is 47.2 Å². The normalized spacial score (nSPS) is 11.3. The van der Waals surface area contributed by atoms with Crippen LogP contribution in [0.1, 0.15) is 47.4 Å². The van der Waals surface area contributed by atoms with E-state index >= 15 is 0 Å². The number of hydrogen-bond acceptors (Lipinski definition) is 4. The molecule has 3 rings (SSSR count). The SMILES string of the molecule is CCCn1cc(CN=C(NC(=O)c2ccc(NC(C)=O)cc2)Nc2cc(Cl)ccc2C)c(C)n1. The van der Waals surface area contributed by atoms with Crippen LogP contribution in [-0.2, 0) is 17.9 Å². The first kappa shape index (κ1) is 25.0. The molecule has 3 N–H and O–H groups in total. The molecule has 9 heteroatoms. The van der Waals surface area contributed by atoms with E-state index in [0.717, 1.165) is 35.5 Å². The zero-order chi connectivity index (χ0) is 24.7. The van der Waals surface area contributed by atoms with Crippen LogP contribution in [0, 0.1) is 13.8 Å². The highest BCUT2D eigenvalue weighted by atomic mass is 35.5. The first-order valence-corrected chi connectivity index (χ1v) is 11.4. The lowest BCUT2D eigenvalue weighted by Gasteiger charge is -2.14. The number of aromatic nitrogens is 2. The second kappa shape index (κ2) is 11.5. The Balaban J connectivity index is 1.83. The summed E-state index contributed by atoms with van der Waals surface area (Å²) in [7, 11) is 0. The molecule has 2 amide bonds. The Morgan fingerprint density at radius 2 is 1.82 bits per heavy atom. The molecule has 0 radical (unpaired) electrons. The van der Waals surface area contributed by atoms with Crippen molar-refractivity contribution in [3.05, 3.63) is 76.1 Å². The molecule has 2 aromatic carbocycles. The molecular weight excluding hydrogens is 452 g/mol. The van der Waals surface area contributed by atoms with E-state index < -0.39 is 0 Å². The number of carbonyl (C=O) groups is 2. The summed E-state index contributed by atoms with van der Waals surface area (Å²) >= 11 is 6.17. The van der Waals surface area contributed by atoms with Gasteiger partial charge in [-0.2, -0.15) is 5.10 Å². The Hall–Kier alpha value is -3.65. The van der Waals surface area contributed by atoms with E-state index in [9.17, 15) is 9.59 Å². The van der Waals surface area contributed by atoms with E-state index in [1.807, 2.05) is 30.8 Å². The van der Waals surface area contributed by atoms with Gasteiger partial charge < -0.3 is 10.6 Å². The van der Waals surface area contributed by atoms with Gasteiger partial charge in [0.25, 0.3) is 5.91 Å². The molecule has 0 fully saturated rings. The predicted molar refractivity (Wildman–Crippen MR) is 136 cm³/mol. The zero-order valence-corrected chi connectivity index (χ0v) is 20.5. The summed E-state index contributed by atoms with van der Waals surface area (Å²) in [5.41, 5.74) is 4.62. The average Bonchev–Trinajstić information content (AvgIpc) is 3.13. The van der Waals surface area contributed by atoms with Crippen LogP contribution in [0.15, 0.2) is 53.7 Å². The highest BCUT2D eigenvalue weighted by molar-refractivity contribution is 6.31. The number of guanidine groups is 1. The number of rotatable bonds is 7. The molecule has 3 aromatic rings. The maximum atomic E-state index is 12.9. The number of nitrogens with zero attached hydrogens (tertiary/aromatic N) is 3. The van der Waals surface area contributed by atoms with Gasteiger partial charge in [0.05, 0.1) is 12.2 Å². The minimum atomic E-state index is -0.335. The minimum absolute atomic E-state index is 0.176. The molecule has 0 saturated carbocycles. The molecule has 1 heterocycles. The van der Waals surface area contributed by atoms with Crippen LogP contribution in [0.25, 0.3) is 0 Å². The van der Waals surface area contributed by atoms with Crippen molar-refractivity contribution in [2.45, 2.75) is 47.2 Å². The van der Waals surface area contributed by atoms with Crippen LogP contribution in [0.3, 0.4) is 0 Å². The zero-order valence-electron chi connectivity index (χ0n) is 19.8. The smallest absolute Gasteiger partial charge is 0.257 e. The lowest BCUT2D eigenvalue weighted by molar-refractivity contribution is -0.114. The molecule has 0 saturated heterocycles. The fourth-order valence-electron chi connectivity index (χ4n) is 3.28. The number of aliphatic imine (C=N–C) groups is 1. The van der Waals surface area contributed by atoms with Crippen molar-refractivity contribution in [2.24, 2.45) is 4.99 Å². The van der Waals surface area contributed by atoms with Crippen LogP contribution in [0.2, 0.25) is 5.02 Å². The van der Waals surface area contributed by atoms with Crippen LogP contribution >= 0.6 is 11.6 Å². The summed E-state index contributed by atoms with van der Waals surface area (Å²) in [5, 5.41) is 13.8. The third-order valence-electron chi connectivity index (χ3n) is 5.06. The maximum Gasteiger partial charge on any atom is 0.257 e. The quantitative estimate of drug-likeness (QED) is 0.330. The third-order valence-corrected chi connectivity index (χ3v) is 5.30. The highest BCUT2D eigenvalue weighted by Crippen LogP contribution is 2.20. The Labute approximate surface area is 204 Å². The molecule has 178 valence electrons. The van der Waals surface area contributed by atoms with Gasteiger partial charge in [0.15, 0.2) is 0 Å². The van der Waals surface area contributed by atoms with Gasteiger partial charge in [-0.15, -0.1) is 0 Å². The molecule has 0 spiro atoms. The summed E-state index contributed by atoms with van der Waals surface area (Å²) in [6.07, 6.45) is 2.97. The van der Waals surface area contributed by atoms with E-state index in [0.29, 0.717) is 28.8 Å². The van der Waals surface area contributed by atoms with Crippen molar-refractivity contribution in [3.63, 3.8) is 0 Å². The monoisotopic (exact) mass is 480 g/mol. The van der Waals surface area contributed by atoms with Crippen molar-refractivity contribution in [1.29, 1.82) is 0 Å². The minimum Gasteiger partial charge on any atom is -0.326 e. The Bertz CT molecular complexity index is 1200. The van der Waals surface area contributed by atoms with Gasteiger partial charge in [-0.25, -0.2) is 4.99 Å². The van der Waals surface area contributed by atoms with Crippen molar-refractivity contribution < 1.29 is 9.59 Å². The summed E-state index contributed by atoms with van der Waals surface area (Å²) in [6, 6.07) is 12.1. The van der Waals surface area contributed by atoms with Crippen LogP contribution < -0.4 is 16.0 Å². The predicted octanol–water partition coefficient (Wildman–Crippen LogP) is 4.92. The van der Waals surface area contributed by atoms with Gasteiger partial charge >= 0.3 is 0 Å². The number of anilines is 2. The van der Waals surface area contributed by atoms with Crippen molar-refractivity contribution in [1.82, 2.24) is 15.1 Å². The van der Waals surface area contributed by atoms with E-state index in [-0.39, 0.29) is 11.8 Å². The number of carbonyl (C=O) groups excluding carboxylic acids is 2. The summed E-state index contributed by atoms with van der Waals surface area (Å²) < 4.78 is 1.91. The lowest BCUT2D eigenvalue weighted by Crippen LogP contribution is -2.36. The molecule has 8 nitrogen and oxygen atoms in total. The summed E-state index contributed by atoms with van der Waals surface area (Å²) in [4.78, 5) is 28.8. The van der Waals surface area contributed by atoms with E-state index in [1.165, 1.54) is 6.92 Å². The second-order valence-corrected chi connectivity index (χ2v) is 8.40. The molecule has 0 unspecified atom stereocenters. The highest BCUT2D eigenvalue weighted by Gasteiger charge is 2.12. The van der Waals surface area contributed by atoms with Gasteiger partial charge in [0.2, 0.25) is 11.9 Å². The lowest BCUT2D eigenvalue weighted by atomic mass is 10.2. The standard InChI is InChI=1S/C25H29ClN6O2/c1-5-12-32-15-20(17(3)31-32)14-27-25(29-23-13-21(26)9-6-16(23)2)30-24(34)19-7-10-22(11-8-19)28-18(4)33/h6-11,13,15H,5,12,14H2,1-4H3,(H,28,33)(H2,27,29,30,34). The average molecular weight is 481 g/mol. The number of hydrogen-bond donors (Lipinski definition) is 3. The van der Waals surface area contributed by atoms with E-state index in [4.69, 9.17) is 11.6 Å². The maximum absolute atomic E-state index is 12.9. The van der Waals surface area contributed by atoms with Crippen LogP contribution in [0.5, 0.6) is 0 Å². The Kier molecular flexibility index (Phi) is 8.43. The van der Waals surface area contributed by atoms with E-state index in [1.54, 1.807) is 36.4 Å². The number of aryl methyl sites for hydroxylation is 3. The summed E-state index contributed by atoms with van der Waals surface area (Å²) in [6.45, 7) is 8.60. The van der Waals surface area contributed by atoms with Gasteiger partial charge in [-0.3, -0.25) is 19.6 Å². The fraction of sp³-hybridized carbons (Fsp3) is 0.280. The molecule has 0 aliphatic rings. The largest absolute Gasteiger partial charge is 0.326 e. The molecule has 0 aliphatic carbocycles. The summed E-state index contributed by atoms with van der Waals surface area (Å²) in [5.74, 6) is -0.215. The molecule has 0 aliphatic heterocycles. The first-order chi connectivity index (χ1) is 16.2. The number of halogens is 1. The van der Waals surface area contributed by atoms with Crippen LogP contribution in [-0.4, -0.2) is 27.6 Å². The Morgan fingerprint density at radius 3 is 2.50 bits per heavy atom. The fourth-order valence-corrected chi connectivity index (χ4v) is 3.45. The van der Waals surface area contributed by atoms with Crippen molar-refractivity contribution in [3.8, 4) is 0 Å². The van der Waals surface area contributed by atoms with Gasteiger partial charge in [-0.1, -0.05) is 24.6 Å². The molecule has 34 heavy (non-hydrogen) atoms. The first-order valence-electron chi connectivity index (χ1n) is 11.0. The topological polar surface area (TPSA) is 100 Å². The van der Waals surface area contributed by atoms with Crippen molar-refractivity contribution in [2.75, 3.05) is 10.6 Å². The van der Waals surface area contributed by atoms with Crippen molar-refractivity contribution >= 4 is 40.7 Å². The molecular formula is C25H29ClN6O2. The van der Waals surface area contributed by atoms with Crippen LogP contribution in [0.4, 0.5) is 11.4 Å². The number of amides is 2. The number of nitrogens with one attached hydrogen (secondary N) is 3. The number of benzene rings is 2. The van der Waals surface area contributed by atoms with E-state index in [2.05, 4.69) is 33.0 Å². The van der Waals surface area contributed by atoms with Gasteiger partial charge in [-0.05, 0) is 62.2 Å². The van der Waals surface area contributed by atoms with Gasteiger partial charge in [0.1, 0.15) is 0 Å². The Morgan fingerprint density at radius 1 is 1.09 bits per heavy atom. The molecule has 1 aromatic heterocycles. The molecule has 0 atom stereocenters. The third kappa shape index (κ3) is 6.92.